The summed E-state index contributed by atoms with van der Waals surface area (Å²) < 4.78 is 10.0. The van der Waals surface area contributed by atoms with Crippen molar-refractivity contribution in [3.8, 4) is 0 Å². The molecule has 2 amide bonds. The lowest BCUT2D eigenvalue weighted by atomic mass is 10.2. The summed E-state index contributed by atoms with van der Waals surface area (Å²) in [6.45, 7) is 5.31. The van der Waals surface area contributed by atoms with Crippen LogP contribution in [0.2, 0.25) is 0 Å². The molecule has 0 aliphatic carbocycles. The molecule has 0 fully saturated rings. The Morgan fingerprint density at radius 3 is 2.22 bits per heavy atom. The largest absolute Gasteiger partial charge is 0.445 e. The van der Waals surface area contributed by atoms with Crippen molar-refractivity contribution in [1.82, 2.24) is 10.6 Å². The zero-order valence-electron chi connectivity index (χ0n) is 13.7. The molecular weight excluding hydrogens is 300 g/mol. The highest BCUT2D eigenvalue weighted by atomic mass is 16.6. The third-order valence-electron chi connectivity index (χ3n) is 2.58. The van der Waals surface area contributed by atoms with Gasteiger partial charge in [-0.25, -0.2) is 9.59 Å². The van der Waals surface area contributed by atoms with E-state index in [1.165, 1.54) is 0 Å². The fourth-order valence-electron chi connectivity index (χ4n) is 1.56. The van der Waals surface area contributed by atoms with Gasteiger partial charge in [-0.2, -0.15) is 0 Å². The number of aliphatic hydroxyl groups excluding tert-OH is 1. The molecule has 1 aromatic carbocycles. The zero-order chi connectivity index (χ0) is 17.3. The second kappa shape index (κ2) is 8.99. The maximum Gasteiger partial charge on any atom is 0.407 e. The molecule has 0 heterocycles. The minimum Gasteiger partial charge on any atom is -0.445 e. The first-order valence-corrected chi connectivity index (χ1v) is 7.36. The van der Waals surface area contributed by atoms with E-state index in [1.807, 2.05) is 30.3 Å². The third kappa shape index (κ3) is 9.36. The molecule has 1 rings (SSSR count). The first-order valence-electron chi connectivity index (χ1n) is 7.36. The molecule has 3 N–H and O–H groups in total. The normalized spacial score (nSPS) is 12.2. The van der Waals surface area contributed by atoms with Gasteiger partial charge in [0.2, 0.25) is 0 Å². The van der Waals surface area contributed by atoms with Crippen molar-refractivity contribution in [1.29, 1.82) is 0 Å². The van der Waals surface area contributed by atoms with Crippen molar-refractivity contribution in [2.45, 2.75) is 39.1 Å². The van der Waals surface area contributed by atoms with Crippen LogP contribution in [-0.4, -0.2) is 42.1 Å². The summed E-state index contributed by atoms with van der Waals surface area (Å²) >= 11 is 0. The molecule has 0 unspecified atom stereocenters. The summed E-state index contributed by atoms with van der Waals surface area (Å²) in [7, 11) is 0. The first kappa shape index (κ1) is 18.8. The highest BCUT2D eigenvalue weighted by Gasteiger charge is 2.17. The topological polar surface area (TPSA) is 96.9 Å². The number of carbonyl (C=O) groups is 2. The predicted octanol–water partition coefficient (Wildman–Crippen LogP) is 1.80. The first-order chi connectivity index (χ1) is 10.8. The zero-order valence-corrected chi connectivity index (χ0v) is 13.7. The third-order valence-corrected chi connectivity index (χ3v) is 2.58. The van der Waals surface area contributed by atoms with E-state index in [9.17, 15) is 14.7 Å². The number of rotatable bonds is 6. The van der Waals surface area contributed by atoms with Crippen molar-refractivity contribution in [3.05, 3.63) is 35.9 Å². The molecule has 7 heteroatoms. The fourth-order valence-corrected chi connectivity index (χ4v) is 1.56. The van der Waals surface area contributed by atoms with Crippen molar-refractivity contribution in [2.24, 2.45) is 0 Å². The highest BCUT2D eigenvalue weighted by molar-refractivity contribution is 5.68. The second-order valence-electron chi connectivity index (χ2n) is 5.98. The highest BCUT2D eigenvalue weighted by Crippen LogP contribution is 2.06. The summed E-state index contributed by atoms with van der Waals surface area (Å²) in [6.07, 6.45) is -2.19. The van der Waals surface area contributed by atoms with Crippen molar-refractivity contribution >= 4 is 12.2 Å². The fraction of sp³-hybridized carbons (Fsp3) is 0.500. The van der Waals surface area contributed by atoms with E-state index in [0.29, 0.717) is 0 Å². The lowest BCUT2D eigenvalue weighted by Crippen LogP contribution is -2.41. The Morgan fingerprint density at radius 1 is 1.09 bits per heavy atom. The van der Waals surface area contributed by atoms with E-state index < -0.39 is 23.9 Å². The molecule has 0 radical (unpaired) electrons. The van der Waals surface area contributed by atoms with Crippen molar-refractivity contribution in [3.63, 3.8) is 0 Å². The number of ether oxygens (including phenoxy) is 2. The van der Waals surface area contributed by atoms with Crippen LogP contribution < -0.4 is 10.6 Å². The van der Waals surface area contributed by atoms with Crippen LogP contribution in [0.5, 0.6) is 0 Å². The molecule has 1 aromatic rings. The van der Waals surface area contributed by atoms with Gasteiger partial charge in [0.15, 0.2) is 0 Å². The van der Waals surface area contributed by atoms with E-state index in [2.05, 4.69) is 10.6 Å². The van der Waals surface area contributed by atoms with Gasteiger partial charge in [0.05, 0.1) is 6.10 Å². The Hall–Kier alpha value is -2.28. The Kier molecular flexibility index (Phi) is 7.34. The monoisotopic (exact) mass is 324 g/mol. The van der Waals surface area contributed by atoms with Gasteiger partial charge in [-0.15, -0.1) is 0 Å². The summed E-state index contributed by atoms with van der Waals surface area (Å²) in [5.41, 5.74) is 0.268. The Balaban J connectivity index is 2.16. The van der Waals surface area contributed by atoms with Crippen molar-refractivity contribution < 1.29 is 24.2 Å². The summed E-state index contributed by atoms with van der Waals surface area (Å²) in [5.74, 6) is 0. The molecular formula is C16H24N2O5. The maximum absolute atomic E-state index is 11.5. The van der Waals surface area contributed by atoms with Gasteiger partial charge in [0.25, 0.3) is 0 Å². The van der Waals surface area contributed by atoms with Gasteiger partial charge < -0.3 is 25.2 Å². The van der Waals surface area contributed by atoms with Crippen molar-refractivity contribution in [2.75, 3.05) is 13.1 Å². The van der Waals surface area contributed by atoms with E-state index >= 15 is 0 Å². The number of alkyl carbamates (subject to hydrolysis) is 2. The lowest BCUT2D eigenvalue weighted by molar-refractivity contribution is 0.0492. The minimum absolute atomic E-state index is 0.0339. The van der Waals surface area contributed by atoms with E-state index in [4.69, 9.17) is 9.47 Å². The number of nitrogens with one attached hydrogen (secondary N) is 2. The maximum atomic E-state index is 11.5. The van der Waals surface area contributed by atoms with Gasteiger partial charge in [-0.1, -0.05) is 30.3 Å². The quantitative estimate of drug-likeness (QED) is 0.741. The Morgan fingerprint density at radius 2 is 1.65 bits per heavy atom. The van der Waals surface area contributed by atoms with Gasteiger partial charge in [0.1, 0.15) is 12.2 Å². The molecule has 0 saturated heterocycles. The van der Waals surface area contributed by atoms with Gasteiger partial charge in [-0.05, 0) is 26.3 Å². The van der Waals surface area contributed by atoms with Gasteiger partial charge in [0, 0.05) is 13.1 Å². The predicted molar refractivity (Wildman–Crippen MR) is 84.9 cm³/mol. The molecule has 7 nitrogen and oxygen atoms in total. The minimum atomic E-state index is -0.938. The number of hydrogen-bond donors (Lipinski definition) is 3. The van der Waals surface area contributed by atoms with E-state index in [0.717, 1.165) is 5.56 Å². The number of amides is 2. The molecule has 0 bridgehead atoms. The molecule has 1 atom stereocenters. The molecule has 0 aliphatic heterocycles. The molecule has 23 heavy (non-hydrogen) atoms. The van der Waals surface area contributed by atoms with E-state index in [-0.39, 0.29) is 19.7 Å². The summed E-state index contributed by atoms with van der Waals surface area (Å²) in [6, 6.07) is 9.25. The number of benzene rings is 1. The van der Waals surface area contributed by atoms with Crippen LogP contribution in [-0.2, 0) is 16.1 Å². The number of hydrogen-bond acceptors (Lipinski definition) is 5. The molecule has 128 valence electrons. The average Bonchev–Trinajstić information content (AvgIpc) is 2.48. The molecule has 0 aromatic heterocycles. The Labute approximate surface area is 136 Å². The average molecular weight is 324 g/mol. The standard InChI is InChI=1S/C16H24N2O5/c1-16(2,3)23-15(21)18-10-13(19)9-17-14(20)22-11-12-7-5-4-6-8-12/h4-8,13,19H,9-11H2,1-3H3,(H,17,20)(H,18,21)/t13-/m0/s1. The lowest BCUT2D eigenvalue weighted by Gasteiger charge is -2.20. The van der Waals surface area contributed by atoms with Crippen LogP contribution in [0.1, 0.15) is 26.3 Å². The smallest absolute Gasteiger partial charge is 0.407 e. The summed E-state index contributed by atoms with van der Waals surface area (Å²) in [5, 5.41) is 14.5. The molecule has 0 aliphatic rings. The van der Waals surface area contributed by atoms with Gasteiger partial charge in [-0.3, -0.25) is 0 Å². The van der Waals surface area contributed by atoms with E-state index in [1.54, 1.807) is 20.8 Å². The second-order valence-corrected chi connectivity index (χ2v) is 5.98. The van der Waals surface area contributed by atoms with Crippen LogP contribution in [0.4, 0.5) is 9.59 Å². The van der Waals surface area contributed by atoms with Crippen LogP contribution >= 0.6 is 0 Å². The van der Waals surface area contributed by atoms with Gasteiger partial charge >= 0.3 is 12.2 Å². The SMILES string of the molecule is CC(C)(C)OC(=O)NC[C@@H](O)CNC(=O)OCc1ccccc1. The van der Waals surface area contributed by atoms with Crippen LogP contribution in [0.25, 0.3) is 0 Å². The van der Waals surface area contributed by atoms with Crippen LogP contribution in [0.3, 0.4) is 0 Å². The Bertz CT molecular complexity index is 499. The molecule has 0 spiro atoms. The molecule has 0 saturated carbocycles. The van der Waals surface area contributed by atoms with Crippen LogP contribution in [0.15, 0.2) is 30.3 Å². The number of aliphatic hydroxyl groups is 1. The van der Waals surface area contributed by atoms with Crippen LogP contribution in [0, 0.1) is 0 Å². The number of carbonyl (C=O) groups excluding carboxylic acids is 2. The summed E-state index contributed by atoms with van der Waals surface area (Å²) in [4.78, 5) is 22.9.